The van der Waals surface area contributed by atoms with Crippen LogP contribution in [0.3, 0.4) is 0 Å². The van der Waals surface area contributed by atoms with Gasteiger partial charge in [0.25, 0.3) is 0 Å². The van der Waals surface area contributed by atoms with Gasteiger partial charge in [-0.3, -0.25) is 0 Å². The summed E-state index contributed by atoms with van der Waals surface area (Å²) in [6.45, 7) is 11.6. The lowest BCUT2D eigenvalue weighted by molar-refractivity contribution is 0.194. The molecule has 0 radical (unpaired) electrons. The van der Waals surface area contributed by atoms with E-state index in [-0.39, 0.29) is 0 Å². The Morgan fingerprint density at radius 1 is 1.06 bits per heavy atom. The average molecular weight is 246 g/mol. The quantitative estimate of drug-likeness (QED) is 0.624. The van der Waals surface area contributed by atoms with Crippen molar-refractivity contribution >= 4 is 12.6 Å². The van der Waals surface area contributed by atoms with Gasteiger partial charge < -0.3 is 9.80 Å². The van der Waals surface area contributed by atoms with Crippen LogP contribution in [0.4, 0.5) is 0 Å². The minimum atomic E-state index is 0.740. The fraction of sp³-hybridized carbons (Fsp3) is 1.00. The van der Waals surface area contributed by atoms with Crippen LogP contribution >= 0.6 is 12.6 Å². The molecule has 16 heavy (non-hydrogen) atoms. The first-order valence-corrected chi connectivity index (χ1v) is 7.10. The van der Waals surface area contributed by atoms with Gasteiger partial charge in [-0.1, -0.05) is 27.2 Å². The van der Waals surface area contributed by atoms with Crippen molar-refractivity contribution in [3.63, 3.8) is 0 Å². The molecule has 3 heteroatoms. The molecule has 0 saturated carbocycles. The molecule has 0 aliphatic rings. The van der Waals surface area contributed by atoms with Gasteiger partial charge in [-0.25, -0.2) is 0 Å². The molecule has 0 aliphatic heterocycles. The van der Waals surface area contributed by atoms with Crippen LogP contribution in [0.1, 0.15) is 27.2 Å². The lowest BCUT2D eigenvalue weighted by atomic mass is 10.1. The van der Waals surface area contributed by atoms with Crippen molar-refractivity contribution in [3.8, 4) is 0 Å². The van der Waals surface area contributed by atoms with Crippen molar-refractivity contribution in [2.45, 2.75) is 27.2 Å². The van der Waals surface area contributed by atoms with Crippen LogP contribution in [0, 0.1) is 11.8 Å². The molecule has 0 bridgehead atoms. The normalized spacial score (nSPS) is 14.1. The third-order valence-electron chi connectivity index (χ3n) is 2.84. The van der Waals surface area contributed by atoms with Crippen molar-refractivity contribution < 1.29 is 0 Å². The highest BCUT2D eigenvalue weighted by molar-refractivity contribution is 7.80. The molecule has 0 heterocycles. The van der Waals surface area contributed by atoms with E-state index in [4.69, 9.17) is 0 Å². The van der Waals surface area contributed by atoms with Gasteiger partial charge in [-0.2, -0.15) is 12.6 Å². The lowest BCUT2D eigenvalue weighted by Crippen LogP contribution is -2.38. The number of likely N-dealkylation sites (N-methyl/N-ethyl adjacent to an activating group) is 1. The predicted molar refractivity (Wildman–Crippen MR) is 77.5 cm³/mol. The van der Waals surface area contributed by atoms with Gasteiger partial charge in [0, 0.05) is 26.2 Å². The maximum Gasteiger partial charge on any atom is 0.0109 e. The molecule has 0 spiro atoms. The summed E-state index contributed by atoms with van der Waals surface area (Å²) in [5, 5.41) is 0. The maximum atomic E-state index is 4.43. The van der Waals surface area contributed by atoms with Gasteiger partial charge >= 0.3 is 0 Å². The van der Waals surface area contributed by atoms with Gasteiger partial charge in [0.15, 0.2) is 0 Å². The summed E-state index contributed by atoms with van der Waals surface area (Å²) in [7, 11) is 4.28. The van der Waals surface area contributed by atoms with Crippen LogP contribution in [0.25, 0.3) is 0 Å². The fourth-order valence-electron chi connectivity index (χ4n) is 1.80. The number of hydrogen-bond donors (Lipinski definition) is 1. The monoisotopic (exact) mass is 246 g/mol. The molecule has 0 aromatic rings. The average Bonchev–Trinajstić information content (AvgIpc) is 2.21. The van der Waals surface area contributed by atoms with Crippen LogP contribution in [0.5, 0.6) is 0 Å². The van der Waals surface area contributed by atoms with E-state index in [9.17, 15) is 0 Å². The number of nitrogens with zero attached hydrogens (tertiary/aromatic N) is 2. The fourth-order valence-corrected chi connectivity index (χ4v) is 2.17. The third kappa shape index (κ3) is 8.43. The highest BCUT2D eigenvalue weighted by Gasteiger charge is 2.12. The van der Waals surface area contributed by atoms with Crippen LogP contribution in [-0.2, 0) is 0 Å². The first kappa shape index (κ1) is 16.3. The topological polar surface area (TPSA) is 6.48 Å². The molecule has 1 atom stereocenters. The SMILES string of the molecule is CCC(CS)CN(CCN(C)C)CC(C)C. The van der Waals surface area contributed by atoms with Gasteiger partial charge in [-0.15, -0.1) is 0 Å². The van der Waals surface area contributed by atoms with Crippen molar-refractivity contribution in [2.75, 3.05) is 46.0 Å². The first-order valence-electron chi connectivity index (χ1n) is 6.47. The summed E-state index contributed by atoms with van der Waals surface area (Å²) in [6.07, 6.45) is 1.24. The second-order valence-corrected chi connectivity index (χ2v) is 5.78. The van der Waals surface area contributed by atoms with Gasteiger partial charge in [0.1, 0.15) is 0 Å². The number of rotatable bonds is 9. The Morgan fingerprint density at radius 2 is 1.69 bits per heavy atom. The van der Waals surface area contributed by atoms with Crippen LogP contribution in [-0.4, -0.2) is 55.8 Å². The van der Waals surface area contributed by atoms with Crippen LogP contribution in [0.2, 0.25) is 0 Å². The van der Waals surface area contributed by atoms with E-state index in [0.29, 0.717) is 0 Å². The molecule has 0 fully saturated rings. The zero-order valence-electron chi connectivity index (χ0n) is 11.7. The molecule has 0 amide bonds. The van der Waals surface area contributed by atoms with E-state index >= 15 is 0 Å². The number of thiol groups is 1. The van der Waals surface area contributed by atoms with Crippen molar-refractivity contribution in [1.29, 1.82) is 0 Å². The zero-order valence-corrected chi connectivity index (χ0v) is 12.6. The lowest BCUT2D eigenvalue weighted by Gasteiger charge is -2.29. The molecule has 0 N–H and O–H groups in total. The zero-order chi connectivity index (χ0) is 12.6. The second-order valence-electron chi connectivity index (χ2n) is 5.41. The summed E-state index contributed by atoms with van der Waals surface area (Å²) in [5.41, 5.74) is 0. The van der Waals surface area contributed by atoms with E-state index < -0.39 is 0 Å². The van der Waals surface area contributed by atoms with Crippen molar-refractivity contribution in [2.24, 2.45) is 11.8 Å². The summed E-state index contributed by atoms with van der Waals surface area (Å²) in [5.74, 6) is 2.50. The molecular formula is C13H30N2S. The second kappa shape index (κ2) is 9.32. The summed E-state index contributed by atoms with van der Waals surface area (Å²) in [4.78, 5) is 4.85. The van der Waals surface area contributed by atoms with Gasteiger partial charge in [-0.05, 0) is 31.7 Å². The maximum absolute atomic E-state index is 4.43. The van der Waals surface area contributed by atoms with E-state index in [1.165, 1.54) is 26.1 Å². The Bertz CT molecular complexity index is 156. The third-order valence-corrected chi connectivity index (χ3v) is 3.36. The Balaban J connectivity index is 4.07. The summed E-state index contributed by atoms with van der Waals surface area (Å²) < 4.78 is 0. The smallest absolute Gasteiger partial charge is 0.0109 e. The Morgan fingerprint density at radius 3 is 2.06 bits per heavy atom. The summed E-state index contributed by atoms with van der Waals surface area (Å²) in [6, 6.07) is 0. The Labute approximate surface area is 108 Å². The van der Waals surface area contributed by atoms with Crippen molar-refractivity contribution in [3.05, 3.63) is 0 Å². The molecule has 0 aromatic carbocycles. The molecule has 0 aromatic heterocycles. The largest absolute Gasteiger partial charge is 0.308 e. The van der Waals surface area contributed by atoms with Crippen molar-refractivity contribution in [1.82, 2.24) is 9.80 Å². The first-order chi connectivity index (χ1) is 7.49. The Hall–Kier alpha value is 0.270. The summed E-state index contributed by atoms with van der Waals surface area (Å²) >= 11 is 4.43. The molecule has 0 rings (SSSR count). The molecule has 1 unspecified atom stereocenters. The van der Waals surface area contributed by atoms with Crippen LogP contribution < -0.4 is 0 Å². The number of hydrogen-bond acceptors (Lipinski definition) is 3. The minimum Gasteiger partial charge on any atom is -0.308 e. The molecule has 0 aliphatic carbocycles. The molecular weight excluding hydrogens is 216 g/mol. The van der Waals surface area contributed by atoms with Gasteiger partial charge in [0.2, 0.25) is 0 Å². The standard InChI is InChI=1S/C13H30N2S/c1-6-13(11-16)10-15(9-12(2)3)8-7-14(4)5/h12-13,16H,6-11H2,1-5H3. The van der Waals surface area contributed by atoms with E-state index in [1.807, 2.05) is 0 Å². The molecule has 98 valence electrons. The molecule has 0 saturated heterocycles. The minimum absolute atomic E-state index is 0.740. The van der Waals surface area contributed by atoms with Gasteiger partial charge in [0.05, 0.1) is 0 Å². The van der Waals surface area contributed by atoms with E-state index in [1.54, 1.807) is 0 Å². The van der Waals surface area contributed by atoms with E-state index in [2.05, 4.69) is 57.3 Å². The Kier molecular flexibility index (Phi) is 9.47. The molecule has 2 nitrogen and oxygen atoms in total. The predicted octanol–water partition coefficient (Wildman–Crippen LogP) is 2.46. The highest BCUT2D eigenvalue weighted by atomic mass is 32.1. The highest BCUT2D eigenvalue weighted by Crippen LogP contribution is 2.09. The van der Waals surface area contributed by atoms with E-state index in [0.717, 1.165) is 24.1 Å². The van der Waals surface area contributed by atoms with Crippen LogP contribution in [0.15, 0.2) is 0 Å².